The number of fused-ring (bicyclic) bond motifs is 2. The molecule has 1 aliphatic carbocycles. The minimum atomic E-state index is -4.77. The van der Waals surface area contributed by atoms with Crippen LogP contribution in [0.1, 0.15) is 22.3 Å². The van der Waals surface area contributed by atoms with Crippen LogP contribution in [0.25, 0.3) is 0 Å². The number of ether oxygens (including phenoxy) is 1. The zero-order valence-electron chi connectivity index (χ0n) is 16.2. The van der Waals surface area contributed by atoms with E-state index in [1.165, 1.54) is 12.1 Å². The van der Waals surface area contributed by atoms with Gasteiger partial charge in [-0.2, -0.15) is 5.10 Å². The number of halogens is 3. The highest BCUT2D eigenvalue weighted by molar-refractivity contribution is 6.15. The molecule has 0 unspecified atom stereocenters. The Balaban J connectivity index is 1.52. The van der Waals surface area contributed by atoms with Crippen LogP contribution in [0.5, 0.6) is 5.75 Å². The summed E-state index contributed by atoms with van der Waals surface area (Å²) in [6.07, 6.45) is -3.04. The zero-order valence-corrected chi connectivity index (χ0v) is 16.2. The number of hydrogen-bond donors (Lipinski definition) is 2. The number of alkyl halides is 3. The van der Waals surface area contributed by atoms with Gasteiger partial charge in [0, 0.05) is 16.8 Å². The van der Waals surface area contributed by atoms with Gasteiger partial charge in [-0.1, -0.05) is 48.5 Å². The molecule has 0 atom stereocenters. The molecule has 2 N–H and O–H groups in total. The number of nitrogens with zero attached hydrogens (tertiary/aromatic N) is 1. The number of aryl methyl sites for hydroxylation is 2. The number of anilines is 1. The smallest absolute Gasteiger partial charge is 0.406 e. The fourth-order valence-electron chi connectivity index (χ4n) is 3.48. The van der Waals surface area contributed by atoms with Gasteiger partial charge in [-0.15, -0.1) is 13.2 Å². The van der Waals surface area contributed by atoms with Gasteiger partial charge in [0.05, 0.1) is 5.71 Å². The summed E-state index contributed by atoms with van der Waals surface area (Å²) in [5.74, 6) is -0.370. The predicted octanol–water partition coefficient (Wildman–Crippen LogP) is 5.26. The third-order valence-corrected chi connectivity index (χ3v) is 4.82. The third-order valence-electron chi connectivity index (χ3n) is 4.82. The summed E-state index contributed by atoms with van der Waals surface area (Å²) in [6.45, 7) is 0. The Labute approximate surface area is 176 Å². The van der Waals surface area contributed by atoms with Crippen molar-refractivity contribution in [1.82, 2.24) is 5.43 Å². The maximum absolute atomic E-state index is 12.3. The molecule has 8 heteroatoms. The van der Waals surface area contributed by atoms with Crippen molar-refractivity contribution in [3.63, 3.8) is 0 Å². The van der Waals surface area contributed by atoms with E-state index in [9.17, 15) is 18.0 Å². The van der Waals surface area contributed by atoms with Crippen LogP contribution in [0.4, 0.5) is 23.7 Å². The Morgan fingerprint density at radius 3 is 1.94 bits per heavy atom. The largest absolute Gasteiger partial charge is 0.573 e. The molecule has 0 bridgehead atoms. The Morgan fingerprint density at radius 1 is 0.839 bits per heavy atom. The topological polar surface area (TPSA) is 62.7 Å². The summed E-state index contributed by atoms with van der Waals surface area (Å²) in [5.41, 5.74) is 7.62. The lowest BCUT2D eigenvalue weighted by Crippen LogP contribution is -2.26. The predicted molar refractivity (Wildman–Crippen MR) is 111 cm³/mol. The van der Waals surface area contributed by atoms with Crippen LogP contribution < -0.4 is 15.5 Å². The molecule has 0 radical (unpaired) electrons. The summed E-state index contributed by atoms with van der Waals surface area (Å²) in [5, 5.41) is 6.91. The van der Waals surface area contributed by atoms with Gasteiger partial charge in [0.15, 0.2) is 0 Å². The number of benzene rings is 3. The molecular formula is C23H18F3N3O2. The zero-order chi connectivity index (χ0) is 21.8. The third kappa shape index (κ3) is 5.03. The molecule has 0 fully saturated rings. The Kier molecular flexibility index (Phi) is 5.62. The summed E-state index contributed by atoms with van der Waals surface area (Å²) in [7, 11) is 0. The van der Waals surface area contributed by atoms with E-state index in [0.29, 0.717) is 11.4 Å². The Morgan fingerprint density at radius 2 is 1.39 bits per heavy atom. The molecule has 0 heterocycles. The first-order valence-electron chi connectivity index (χ1n) is 9.56. The molecule has 2 amide bonds. The van der Waals surface area contributed by atoms with Crippen molar-refractivity contribution in [1.29, 1.82) is 0 Å². The average Bonchev–Trinajstić information content (AvgIpc) is 2.90. The number of amides is 2. The molecule has 4 rings (SSSR count). The summed E-state index contributed by atoms with van der Waals surface area (Å²) >= 11 is 0. The molecule has 1 aliphatic rings. The molecule has 0 spiro atoms. The molecule has 0 aromatic heterocycles. The number of carbonyl (C=O) groups is 1. The van der Waals surface area contributed by atoms with Crippen molar-refractivity contribution in [3.8, 4) is 5.75 Å². The number of nitrogens with one attached hydrogen (secondary N) is 2. The lowest BCUT2D eigenvalue weighted by Gasteiger charge is -2.12. The second kappa shape index (κ2) is 8.51. The highest BCUT2D eigenvalue weighted by atomic mass is 19.4. The number of hydrogen-bond acceptors (Lipinski definition) is 3. The minimum absolute atomic E-state index is 0.300. The molecule has 31 heavy (non-hydrogen) atoms. The molecule has 5 nitrogen and oxygen atoms in total. The second-order valence-corrected chi connectivity index (χ2v) is 6.91. The van der Waals surface area contributed by atoms with Gasteiger partial charge in [-0.25, -0.2) is 10.2 Å². The lowest BCUT2D eigenvalue weighted by atomic mass is 9.98. The Bertz CT molecular complexity index is 1080. The standard InChI is InChI=1S/C23H18F3N3O2/c24-23(25,26)31-18-13-11-17(12-14-18)27-22(30)29-28-21-19-7-3-1-5-15(19)9-10-16-6-2-4-8-20(16)21/h1-8,11-14H,9-10H2,(H2,27,29,30). The van der Waals surface area contributed by atoms with Crippen LogP contribution in [0.3, 0.4) is 0 Å². The fourth-order valence-corrected chi connectivity index (χ4v) is 3.48. The minimum Gasteiger partial charge on any atom is -0.406 e. The van der Waals surface area contributed by atoms with Crippen molar-refractivity contribution in [2.24, 2.45) is 5.10 Å². The van der Waals surface area contributed by atoms with E-state index in [0.717, 1.165) is 47.2 Å². The second-order valence-electron chi connectivity index (χ2n) is 6.91. The van der Waals surface area contributed by atoms with Gasteiger partial charge < -0.3 is 10.1 Å². The number of rotatable bonds is 3. The maximum Gasteiger partial charge on any atom is 0.573 e. The van der Waals surface area contributed by atoms with Gasteiger partial charge in [0.1, 0.15) is 5.75 Å². The monoisotopic (exact) mass is 425 g/mol. The number of carbonyl (C=O) groups excluding carboxylic acids is 1. The first kappa shape index (κ1) is 20.5. The van der Waals surface area contributed by atoms with E-state index in [-0.39, 0.29) is 5.75 Å². The Hall–Kier alpha value is -3.81. The van der Waals surface area contributed by atoms with Crippen LogP contribution in [0, 0.1) is 0 Å². The first-order chi connectivity index (χ1) is 14.9. The number of urea groups is 1. The number of hydrazone groups is 1. The SMILES string of the molecule is O=C(NN=C1c2ccccc2CCc2ccccc21)Nc1ccc(OC(F)(F)F)cc1. The fraction of sp³-hybridized carbons (Fsp3) is 0.130. The van der Waals surface area contributed by atoms with E-state index in [1.807, 2.05) is 48.5 Å². The first-order valence-corrected chi connectivity index (χ1v) is 9.56. The van der Waals surface area contributed by atoms with E-state index < -0.39 is 12.4 Å². The van der Waals surface area contributed by atoms with E-state index in [4.69, 9.17) is 0 Å². The molecule has 3 aromatic rings. The van der Waals surface area contributed by atoms with Crippen molar-refractivity contribution >= 4 is 17.4 Å². The van der Waals surface area contributed by atoms with Gasteiger partial charge >= 0.3 is 12.4 Å². The summed E-state index contributed by atoms with van der Waals surface area (Å²) < 4.78 is 40.6. The van der Waals surface area contributed by atoms with Crippen molar-refractivity contribution < 1.29 is 22.7 Å². The van der Waals surface area contributed by atoms with Crippen molar-refractivity contribution in [2.45, 2.75) is 19.2 Å². The summed E-state index contributed by atoms with van der Waals surface area (Å²) in [4.78, 5) is 12.3. The molecule has 3 aromatic carbocycles. The molecular weight excluding hydrogens is 407 g/mol. The van der Waals surface area contributed by atoms with E-state index >= 15 is 0 Å². The quantitative estimate of drug-likeness (QED) is 0.563. The molecule has 0 saturated carbocycles. The highest BCUT2D eigenvalue weighted by Crippen LogP contribution is 2.25. The van der Waals surface area contributed by atoms with Gasteiger partial charge in [0.2, 0.25) is 0 Å². The van der Waals surface area contributed by atoms with Crippen LogP contribution in [-0.4, -0.2) is 18.1 Å². The van der Waals surface area contributed by atoms with Gasteiger partial charge in [0.25, 0.3) is 0 Å². The van der Waals surface area contributed by atoms with Crippen LogP contribution in [0.2, 0.25) is 0 Å². The average molecular weight is 425 g/mol. The van der Waals surface area contributed by atoms with Gasteiger partial charge in [-0.05, 0) is 48.2 Å². The molecule has 0 saturated heterocycles. The normalized spacial score (nSPS) is 12.8. The molecule has 0 aliphatic heterocycles. The van der Waals surface area contributed by atoms with E-state index in [2.05, 4.69) is 20.6 Å². The van der Waals surface area contributed by atoms with Gasteiger partial charge in [-0.3, -0.25) is 0 Å². The van der Waals surface area contributed by atoms with Crippen molar-refractivity contribution in [3.05, 3.63) is 95.1 Å². The molecule has 158 valence electrons. The summed E-state index contributed by atoms with van der Waals surface area (Å²) in [6, 6.07) is 20.1. The van der Waals surface area contributed by atoms with Crippen LogP contribution in [-0.2, 0) is 12.8 Å². The van der Waals surface area contributed by atoms with Crippen LogP contribution in [0.15, 0.2) is 77.9 Å². The highest BCUT2D eigenvalue weighted by Gasteiger charge is 2.31. The van der Waals surface area contributed by atoms with Crippen molar-refractivity contribution in [2.75, 3.05) is 5.32 Å². The lowest BCUT2D eigenvalue weighted by molar-refractivity contribution is -0.274. The van der Waals surface area contributed by atoms with E-state index in [1.54, 1.807) is 0 Å². The maximum atomic E-state index is 12.3. The van der Waals surface area contributed by atoms with Crippen LogP contribution >= 0.6 is 0 Å².